The van der Waals surface area contributed by atoms with E-state index in [0.29, 0.717) is 22.0 Å². The Bertz CT molecular complexity index is 500. The summed E-state index contributed by atoms with van der Waals surface area (Å²) >= 11 is 14.2. The molecule has 2 rings (SSSR count). The van der Waals surface area contributed by atoms with E-state index in [2.05, 4.69) is 19.2 Å². The van der Waals surface area contributed by atoms with Gasteiger partial charge >= 0.3 is 0 Å². The first-order valence-electron chi connectivity index (χ1n) is 6.41. The van der Waals surface area contributed by atoms with Gasteiger partial charge in [-0.2, -0.15) is 0 Å². The molecule has 2 nitrogen and oxygen atoms in total. The quantitative estimate of drug-likeness (QED) is 0.807. The van der Waals surface area contributed by atoms with E-state index in [1.807, 2.05) is 19.1 Å². The Hall–Kier alpha value is -0.380. The van der Waals surface area contributed by atoms with Crippen LogP contribution in [0.1, 0.15) is 25.8 Å². The number of benzene rings is 1. The van der Waals surface area contributed by atoms with Gasteiger partial charge in [-0.15, -0.1) is 0 Å². The largest absolute Gasteiger partial charge is 0.333 e. The third-order valence-corrected chi connectivity index (χ3v) is 4.94. The molecule has 5 heteroatoms. The van der Waals surface area contributed by atoms with Gasteiger partial charge in [0.1, 0.15) is 0 Å². The third kappa shape index (κ3) is 3.59. The van der Waals surface area contributed by atoms with Gasteiger partial charge < -0.3 is 5.32 Å². The lowest BCUT2D eigenvalue weighted by Gasteiger charge is -2.24. The van der Waals surface area contributed by atoms with Crippen LogP contribution in [-0.2, 0) is 0 Å². The predicted molar refractivity (Wildman–Crippen MR) is 88.0 cm³/mol. The number of nitrogens with zero attached hydrogens (tertiary/aromatic N) is 1. The van der Waals surface area contributed by atoms with E-state index >= 15 is 0 Å². The Kier molecular flexibility index (Phi) is 5.04. The summed E-state index contributed by atoms with van der Waals surface area (Å²) < 4.78 is 0. The number of aryl methyl sites for hydroxylation is 1. The number of hydrogen-bond acceptors (Lipinski definition) is 3. The van der Waals surface area contributed by atoms with Crippen molar-refractivity contribution in [1.82, 2.24) is 0 Å². The van der Waals surface area contributed by atoms with Crippen molar-refractivity contribution >= 4 is 45.8 Å². The van der Waals surface area contributed by atoms with Crippen molar-refractivity contribution in [2.45, 2.75) is 33.2 Å². The Morgan fingerprint density at radius 3 is 2.79 bits per heavy atom. The summed E-state index contributed by atoms with van der Waals surface area (Å²) in [7, 11) is 0. The molecule has 0 aromatic heterocycles. The summed E-state index contributed by atoms with van der Waals surface area (Å²) in [5, 5.41) is 5.51. The summed E-state index contributed by atoms with van der Waals surface area (Å²) in [6.07, 6.45) is 1.13. The van der Waals surface area contributed by atoms with Crippen LogP contribution in [0.15, 0.2) is 17.1 Å². The number of hydrogen-bond donors (Lipinski definition) is 1. The molecule has 19 heavy (non-hydrogen) atoms. The van der Waals surface area contributed by atoms with E-state index in [4.69, 9.17) is 28.2 Å². The van der Waals surface area contributed by atoms with Crippen LogP contribution in [0.25, 0.3) is 0 Å². The van der Waals surface area contributed by atoms with Crippen molar-refractivity contribution in [3.63, 3.8) is 0 Å². The second kappa shape index (κ2) is 6.38. The monoisotopic (exact) mass is 316 g/mol. The van der Waals surface area contributed by atoms with E-state index in [0.717, 1.165) is 28.6 Å². The molecular formula is C14H18Cl2N2S. The van der Waals surface area contributed by atoms with Crippen molar-refractivity contribution in [3.8, 4) is 0 Å². The van der Waals surface area contributed by atoms with Crippen molar-refractivity contribution in [2.24, 2.45) is 10.9 Å². The topological polar surface area (TPSA) is 24.4 Å². The first-order valence-corrected chi connectivity index (χ1v) is 8.15. The zero-order valence-electron chi connectivity index (χ0n) is 11.3. The molecule has 1 atom stereocenters. The van der Waals surface area contributed by atoms with Crippen LogP contribution in [0.2, 0.25) is 10.0 Å². The molecule has 1 N–H and O–H groups in total. The molecule has 0 bridgehead atoms. The lowest BCUT2D eigenvalue weighted by molar-refractivity contribution is 0.485. The lowest BCUT2D eigenvalue weighted by atomic mass is 10.0. The van der Waals surface area contributed by atoms with Crippen molar-refractivity contribution in [3.05, 3.63) is 27.7 Å². The predicted octanol–water partition coefficient (Wildman–Crippen LogP) is 5.23. The molecule has 0 fully saturated rings. The summed E-state index contributed by atoms with van der Waals surface area (Å²) in [5.74, 6) is 1.64. The summed E-state index contributed by atoms with van der Waals surface area (Å²) in [6, 6.07) is 4.16. The van der Waals surface area contributed by atoms with Gasteiger partial charge in [-0.3, -0.25) is 4.99 Å². The van der Waals surface area contributed by atoms with Crippen molar-refractivity contribution in [1.29, 1.82) is 0 Å². The Balaban J connectivity index is 2.24. The smallest absolute Gasteiger partial charge is 0.161 e. The number of halogens is 2. The maximum Gasteiger partial charge on any atom is 0.161 e. The average molecular weight is 317 g/mol. The maximum atomic E-state index is 6.31. The Morgan fingerprint density at radius 1 is 1.37 bits per heavy atom. The second-order valence-electron chi connectivity index (χ2n) is 5.06. The van der Waals surface area contributed by atoms with Crippen molar-refractivity contribution in [2.75, 3.05) is 11.1 Å². The first kappa shape index (κ1) is 15.0. The highest BCUT2D eigenvalue weighted by atomic mass is 35.5. The first-order chi connectivity index (χ1) is 8.99. The van der Waals surface area contributed by atoms with Gasteiger partial charge in [-0.25, -0.2) is 0 Å². The molecule has 1 heterocycles. The number of aliphatic imine (C=N–C) groups is 1. The normalized spacial score (nSPS) is 19.5. The second-order valence-corrected chi connectivity index (χ2v) is 6.93. The number of amidine groups is 1. The molecule has 0 amide bonds. The van der Waals surface area contributed by atoms with E-state index in [-0.39, 0.29) is 0 Å². The van der Waals surface area contributed by atoms with E-state index in [1.54, 1.807) is 11.8 Å². The van der Waals surface area contributed by atoms with Gasteiger partial charge in [0.2, 0.25) is 0 Å². The molecule has 1 unspecified atom stereocenters. The fourth-order valence-corrected chi connectivity index (χ4v) is 3.36. The highest BCUT2D eigenvalue weighted by Gasteiger charge is 2.20. The molecule has 1 aromatic rings. The van der Waals surface area contributed by atoms with Crippen LogP contribution in [0.4, 0.5) is 5.69 Å². The highest BCUT2D eigenvalue weighted by Crippen LogP contribution is 2.34. The molecule has 0 saturated carbocycles. The van der Waals surface area contributed by atoms with Gasteiger partial charge in [0.15, 0.2) is 5.17 Å². The summed E-state index contributed by atoms with van der Waals surface area (Å²) in [4.78, 5) is 4.74. The van der Waals surface area contributed by atoms with Crippen LogP contribution >= 0.6 is 35.0 Å². The Labute approximate surface area is 129 Å². The Morgan fingerprint density at radius 2 is 2.11 bits per heavy atom. The minimum Gasteiger partial charge on any atom is -0.333 e. The lowest BCUT2D eigenvalue weighted by Crippen LogP contribution is -2.24. The number of thioether (sulfide) groups is 1. The molecular weight excluding hydrogens is 299 g/mol. The standard InChI is InChI=1S/C14H18Cl2N2S/c1-8(2)11-6-7-19-14(17-11)18-13-10(15)5-4-9(3)12(13)16/h4-5,8,11H,6-7H2,1-3H3,(H,17,18). The molecule has 1 aliphatic rings. The van der Waals surface area contributed by atoms with Crippen LogP contribution in [0.5, 0.6) is 0 Å². The van der Waals surface area contributed by atoms with Gasteiger partial charge in [-0.1, -0.05) is 54.9 Å². The van der Waals surface area contributed by atoms with Gasteiger partial charge in [0, 0.05) is 5.75 Å². The zero-order chi connectivity index (χ0) is 14.0. The highest BCUT2D eigenvalue weighted by molar-refractivity contribution is 8.14. The van der Waals surface area contributed by atoms with E-state index in [9.17, 15) is 0 Å². The van der Waals surface area contributed by atoms with Crippen LogP contribution in [-0.4, -0.2) is 17.0 Å². The molecule has 0 spiro atoms. The molecule has 1 aromatic carbocycles. The molecule has 104 valence electrons. The summed E-state index contributed by atoms with van der Waals surface area (Å²) in [6.45, 7) is 6.37. The van der Waals surface area contributed by atoms with Gasteiger partial charge in [0.25, 0.3) is 0 Å². The fourth-order valence-electron chi connectivity index (χ4n) is 1.96. The minimum absolute atomic E-state index is 0.381. The minimum atomic E-state index is 0.381. The van der Waals surface area contributed by atoms with Crippen molar-refractivity contribution < 1.29 is 0 Å². The van der Waals surface area contributed by atoms with Gasteiger partial charge in [-0.05, 0) is 30.9 Å². The van der Waals surface area contributed by atoms with Crippen LogP contribution in [0, 0.1) is 12.8 Å². The molecule has 1 aliphatic heterocycles. The SMILES string of the molecule is Cc1ccc(Cl)c(NC2=NC(C(C)C)CCS2)c1Cl. The number of rotatable bonds is 2. The third-order valence-electron chi connectivity index (χ3n) is 3.22. The zero-order valence-corrected chi connectivity index (χ0v) is 13.7. The van der Waals surface area contributed by atoms with E-state index in [1.165, 1.54) is 0 Å². The average Bonchev–Trinajstić information content (AvgIpc) is 2.39. The fraction of sp³-hybridized carbons (Fsp3) is 0.500. The number of nitrogens with one attached hydrogen (secondary N) is 1. The van der Waals surface area contributed by atoms with Gasteiger partial charge in [0.05, 0.1) is 21.8 Å². The van der Waals surface area contributed by atoms with Crippen LogP contribution in [0.3, 0.4) is 0 Å². The van der Waals surface area contributed by atoms with Crippen LogP contribution < -0.4 is 5.32 Å². The molecule has 0 saturated heterocycles. The number of anilines is 1. The van der Waals surface area contributed by atoms with E-state index < -0.39 is 0 Å². The molecule has 0 aliphatic carbocycles. The molecule has 0 radical (unpaired) electrons. The summed E-state index contributed by atoms with van der Waals surface area (Å²) in [5.41, 5.74) is 1.77. The maximum absolute atomic E-state index is 6.31.